The molecule has 0 unspecified atom stereocenters. The van der Waals surface area contributed by atoms with Gasteiger partial charge in [0.1, 0.15) is 6.10 Å². The topological polar surface area (TPSA) is 67.4 Å². The monoisotopic (exact) mass is 346 g/mol. The number of urea groups is 1. The number of carbonyl (C=O) groups excluding carboxylic acids is 1. The molecule has 9 heteroatoms. The first-order valence-electron chi connectivity index (χ1n) is 7.85. The van der Waals surface area contributed by atoms with Crippen LogP contribution in [0.25, 0.3) is 0 Å². The molecule has 0 spiro atoms. The van der Waals surface area contributed by atoms with E-state index in [-0.39, 0.29) is 18.1 Å². The standard InChI is InChI=1S/C15H21F3N4O2/c1-10(2)9-20-14(23)22-7-4-11(5-8-22)24-13-19-6-3-12(21-13)15(16,17)18/h3,6,10-11H,4-5,7-9H2,1-2H3,(H,20,23). The minimum absolute atomic E-state index is 0.127. The molecule has 1 N–H and O–H groups in total. The molecule has 0 aromatic carbocycles. The molecule has 24 heavy (non-hydrogen) atoms. The second-order valence-electron chi connectivity index (χ2n) is 6.11. The van der Waals surface area contributed by atoms with Crippen LogP contribution in [0.1, 0.15) is 32.4 Å². The number of carbonyl (C=O) groups is 1. The van der Waals surface area contributed by atoms with Gasteiger partial charge in [0.25, 0.3) is 0 Å². The van der Waals surface area contributed by atoms with Gasteiger partial charge < -0.3 is 15.0 Å². The maximum absolute atomic E-state index is 12.6. The molecular formula is C15H21F3N4O2. The van der Waals surface area contributed by atoms with Crippen molar-refractivity contribution < 1.29 is 22.7 Å². The number of hydrogen-bond donors (Lipinski definition) is 1. The van der Waals surface area contributed by atoms with E-state index in [4.69, 9.17) is 4.74 Å². The molecule has 0 atom stereocenters. The summed E-state index contributed by atoms with van der Waals surface area (Å²) >= 11 is 0. The third-order valence-corrected chi connectivity index (χ3v) is 3.59. The fourth-order valence-corrected chi connectivity index (χ4v) is 2.28. The Balaban J connectivity index is 1.84. The molecule has 2 amide bonds. The van der Waals surface area contributed by atoms with Gasteiger partial charge in [-0.05, 0) is 12.0 Å². The van der Waals surface area contributed by atoms with Gasteiger partial charge in [0.05, 0.1) is 0 Å². The van der Waals surface area contributed by atoms with E-state index < -0.39 is 11.9 Å². The van der Waals surface area contributed by atoms with Crippen LogP contribution >= 0.6 is 0 Å². The predicted molar refractivity (Wildman–Crippen MR) is 80.5 cm³/mol. The van der Waals surface area contributed by atoms with Crippen molar-refractivity contribution >= 4 is 6.03 Å². The second-order valence-corrected chi connectivity index (χ2v) is 6.11. The molecule has 134 valence electrons. The van der Waals surface area contributed by atoms with E-state index >= 15 is 0 Å². The maximum Gasteiger partial charge on any atom is 0.433 e. The molecule has 1 saturated heterocycles. The number of ether oxygens (including phenoxy) is 1. The summed E-state index contributed by atoms with van der Waals surface area (Å²) < 4.78 is 43.3. The number of piperidine rings is 1. The molecule has 6 nitrogen and oxygen atoms in total. The second kappa shape index (κ2) is 7.67. The summed E-state index contributed by atoms with van der Waals surface area (Å²) in [7, 11) is 0. The molecule has 1 aromatic heterocycles. The molecule has 0 bridgehead atoms. The minimum atomic E-state index is -4.53. The lowest BCUT2D eigenvalue weighted by Crippen LogP contribution is -2.47. The first kappa shape index (κ1) is 18.3. The van der Waals surface area contributed by atoms with Crippen molar-refractivity contribution in [2.75, 3.05) is 19.6 Å². The molecule has 0 aliphatic carbocycles. The van der Waals surface area contributed by atoms with Crippen LogP contribution < -0.4 is 10.1 Å². The first-order chi connectivity index (χ1) is 11.3. The number of nitrogens with zero attached hydrogens (tertiary/aromatic N) is 3. The van der Waals surface area contributed by atoms with Crippen molar-refractivity contribution in [1.82, 2.24) is 20.2 Å². The molecule has 0 radical (unpaired) electrons. The normalized spacial score (nSPS) is 16.3. The van der Waals surface area contributed by atoms with E-state index in [9.17, 15) is 18.0 Å². The first-order valence-corrected chi connectivity index (χ1v) is 7.85. The third kappa shape index (κ3) is 5.24. The molecule has 1 fully saturated rings. The van der Waals surface area contributed by atoms with Crippen LogP contribution in [-0.2, 0) is 6.18 Å². The fourth-order valence-electron chi connectivity index (χ4n) is 2.28. The Morgan fingerprint density at radius 1 is 1.42 bits per heavy atom. The van der Waals surface area contributed by atoms with E-state index in [1.54, 1.807) is 4.90 Å². The van der Waals surface area contributed by atoms with Crippen molar-refractivity contribution in [3.8, 4) is 6.01 Å². The average Bonchev–Trinajstić information content (AvgIpc) is 2.53. The number of rotatable bonds is 4. The zero-order valence-corrected chi connectivity index (χ0v) is 13.6. The number of halogens is 3. The smallest absolute Gasteiger partial charge is 0.433 e. The van der Waals surface area contributed by atoms with Crippen LogP contribution in [0, 0.1) is 5.92 Å². The Morgan fingerprint density at radius 2 is 2.08 bits per heavy atom. The zero-order chi connectivity index (χ0) is 17.7. The Kier molecular flexibility index (Phi) is 5.84. The fraction of sp³-hybridized carbons (Fsp3) is 0.667. The van der Waals surface area contributed by atoms with E-state index in [1.807, 2.05) is 13.8 Å². The maximum atomic E-state index is 12.6. The number of alkyl halides is 3. The van der Waals surface area contributed by atoms with Crippen LogP contribution in [0.2, 0.25) is 0 Å². The largest absolute Gasteiger partial charge is 0.460 e. The van der Waals surface area contributed by atoms with Gasteiger partial charge in [0.15, 0.2) is 5.69 Å². The van der Waals surface area contributed by atoms with Crippen molar-refractivity contribution in [2.24, 2.45) is 5.92 Å². The Labute approximate surface area is 138 Å². The van der Waals surface area contributed by atoms with Crippen molar-refractivity contribution in [2.45, 2.75) is 39.0 Å². The predicted octanol–water partition coefficient (Wildman–Crippen LogP) is 2.70. The third-order valence-electron chi connectivity index (χ3n) is 3.59. The van der Waals surface area contributed by atoms with Crippen LogP contribution in [0.15, 0.2) is 12.3 Å². The molecule has 2 heterocycles. The zero-order valence-electron chi connectivity index (χ0n) is 13.6. The number of aromatic nitrogens is 2. The summed E-state index contributed by atoms with van der Waals surface area (Å²) in [5.41, 5.74) is -1.03. The average molecular weight is 346 g/mol. The Hall–Kier alpha value is -2.06. The van der Waals surface area contributed by atoms with Gasteiger partial charge in [0.2, 0.25) is 0 Å². The Bertz CT molecular complexity index is 558. The van der Waals surface area contributed by atoms with Gasteiger partial charge >= 0.3 is 18.2 Å². The summed E-state index contributed by atoms with van der Waals surface area (Å²) in [6.07, 6.45) is -2.76. The number of hydrogen-bond acceptors (Lipinski definition) is 4. The molecule has 2 rings (SSSR count). The molecular weight excluding hydrogens is 325 g/mol. The lowest BCUT2D eigenvalue weighted by Gasteiger charge is -2.31. The molecule has 0 saturated carbocycles. The van der Waals surface area contributed by atoms with Gasteiger partial charge in [0, 0.05) is 38.7 Å². The van der Waals surface area contributed by atoms with E-state index in [1.165, 1.54) is 0 Å². The van der Waals surface area contributed by atoms with Gasteiger partial charge in [-0.1, -0.05) is 13.8 Å². The SMILES string of the molecule is CC(C)CNC(=O)N1CCC(Oc2nccc(C(F)(F)F)n2)CC1. The molecule has 1 aromatic rings. The van der Waals surface area contributed by atoms with Crippen molar-refractivity contribution in [3.63, 3.8) is 0 Å². The van der Waals surface area contributed by atoms with Crippen LogP contribution in [0.3, 0.4) is 0 Å². The number of amides is 2. The summed E-state index contributed by atoms with van der Waals surface area (Å²) in [4.78, 5) is 20.7. The number of nitrogens with one attached hydrogen (secondary N) is 1. The highest BCUT2D eigenvalue weighted by molar-refractivity contribution is 5.74. The number of likely N-dealkylation sites (tertiary alicyclic amines) is 1. The van der Waals surface area contributed by atoms with Crippen LogP contribution in [0.4, 0.5) is 18.0 Å². The van der Waals surface area contributed by atoms with E-state index in [0.717, 1.165) is 12.3 Å². The van der Waals surface area contributed by atoms with E-state index in [0.29, 0.717) is 38.4 Å². The summed E-state index contributed by atoms with van der Waals surface area (Å²) in [6, 6.07) is 0.388. The summed E-state index contributed by atoms with van der Waals surface area (Å²) in [6.45, 7) is 5.58. The lowest BCUT2D eigenvalue weighted by molar-refractivity contribution is -0.141. The van der Waals surface area contributed by atoms with Gasteiger partial charge in [-0.15, -0.1) is 0 Å². The molecule has 1 aliphatic heterocycles. The lowest BCUT2D eigenvalue weighted by atomic mass is 10.1. The quantitative estimate of drug-likeness (QED) is 0.910. The van der Waals surface area contributed by atoms with Crippen LogP contribution in [-0.4, -0.2) is 46.6 Å². The van der Waals surface area contributed by atoms with E-state index in [2.05, 4.69) is 15.3 Å². The summed E-state index contributed by atoms with van der Waals surface area (Å²) in [5.74, 6) is 0.368. The molecule has 1 aliphatic rings. The van der Waals surface area contributed by atoms with Crippen molar-refractivity contribution in [1.29, 1.82) is 0 Å². The van der Waals surface area contributed by atoms with Gasteiger partial charge in [-0.2, -0.15) is 18.2 Å². The Morgan fingerprint density at radius 3 is 2.67 bits per heavy atom. The highest BCUT2D eigenvalue weighted by Crippen LogP contribution is 2.28. The van der Waals surface area contributed by atoms with Crippen molar-refractivity contribution in [3.05, 3.63) is 18.0 Å². The minimum Gasteiger partial charge on any atom is -0.460 e. The van der Waals surface area contributed by atoms with Crippen LogP contribution in [0.5, 0.6) is 6.01 Å². The highest BCUT2D eigenvalue weighted by Gasteiger charge is 2.33. The van der Waals surface area contributed by atoms with Gasteiger partial charge in [-0.3, -0.25) is 0 Å². The summed E-state index contributed by atoms with van der Waals surface area (Å²) in [5, 5.41) is 2.84. The van der Waals surface area contributed by atoms with Gasteiger partial charge in [-0.25, -0.2) is 9.78 Å². The highest BCUT2D eigenvalue weighted by atomic mass is 19.4.